The summed E-state index contributed by atoms with van der Waals surface area (Å²) >= 11 is 1.63. The van der Waals surface area contributed by atoms with Gasteiger partial charge in [-0.1, -0.05) is 42.8 Å². The molecule has 1 aliphatic heterocycles. The van der Waals surface area contributed by atoms with E-state index in [1.54, 1.807) is 18.3 Å². The van der Waals surface area contributed by atoms with E-state index in [4.69, 9.17) is 0 Å². The lowest BCUT2D eigenvalue weighted by molar-refractivity contribution is -0.138. The number of carbonyl (C=O) groups excluding carboxylic acids is 3. The van der Waals surface area contributed by atoms with Gasteiger partial charge in [0, 0.05) is 11.4 Å². The van der Waals surface area contributed by atoms with Crippen LogP contribution in [0.25, 0.3) is 0 Å². The molecule has 2 heterocycles. The van der Waals surface area contributed by atoms with Crippen molar-refractivity contribution in [3.05, 3.63) is 57.8 Å². The van der Waals surface area contributed by atoms with E-state index in [1.807, 2.05) is 55.6 Å². The average molecular weight is 400 g/mol. The van der Waals surface area contributed by atoms with Crippen molar-refractivity contribution < 1.29 is 14.4 Å². The van der Waals surface area contributed by atoms with Gasteiger partial charge >= 0.3 is 6.03 Å². The van der Waals surface area contributed by atoms with Crippen LogP contribution in [0.15, 0.2) is 41.8 Å². The first-order chi connectivity index (χ1) is 13.4. The summed E-state index contributed by atoms with van der Waals surface area (Å²) in [5, 5.41) is 7.64. The molecule has 2 aromatic rings. The van der Waals surface area contributed by atoms with Gasteiger partial charge in [0.15, 0.2) is 0 Å². The summed E-state index contributed by atoms with van der Waals surface area (Å²) in [6.45, 7) is 5.86. The molecular weight excluding hydrogens is 374 g/mol. The van der Waals surface area contributed by atoms with Crippen molar-refractivity contribution in [2.75, 3.05) is 6.54 Å². The predicted molar refractivity (Wildman–Crippen MR) is 109 cm³/mol. The molecule has 28 heavy (non-hydrogen) atoms. The number of hydrogen-bond donors (Lipinski definition) is 2. The van der Waals surface area contributed by atoms with Gasteiger partial charge in [0.1, 0.15) is 11.6 Å². The van der Waals surface area contributed by atoms with Crippen molar-refractivity contribution in [2.45, 2.75) is 45.2 Å². The highest BCUT2D eigenvalue weighted by molar-refractivity contribution is 7.09. The number of amides is 4. The zero-order valence-corrected chi connectivity index (χ0v) is 17.1. The van der Waals surface area contributed by atoms with Gasteiger partial charge in [0.2, 0.25) is 5.91 Å². The number of thiophene rings is 1. The Kier molecular flexibility index (Phi) is 5.84. The molecule has 4 amide bonds. The van der Waals surface area contributed by atoms with Crippen LogP contribution in [0.2, 0.25) is 0 Å². The van der Waals surface area contributed by atoms with Crippen LogP contribution in [0.5, 0.6) is 0 Å². The van der Waals surface area contributed by atoms with Crippen molar-refractivity contribution in [2.24, 2.45) is 0 Å². The van der Waals surface area contributed by atoms with Crippen molar-refractivity contribution in [1.29, 1.82) is 0 Å². The summed E-state index contributed by atoms with van der Waals surface area (Å²) in [6, 6.07) is 10.1. The minimum Gasteiger partial charge on any atom is -0.354 e. The highest BCUT2D eigenvalue weighted by atomic mass is 32.1. The monoisotopic (exact) mass is 399 g/mol. The SMILES string of the molecule is CC[C@]1(c2ccc(C)cc2)NC(=O)N([C@@H](C)C(=O)NCCc2cccs2)C1=O. The van der Waals surface area contributed by atoms with Gasteiger partial charge in [0.05, 0.1) is 0 Å². The first-order valence-electron chi connectivity index (χ1n) is 9.42. The minimum absolute atomic E-state index is 0.337. The lowest BCUT2D eigenvalue weighted by Crippen LogP contribution is -2.49. The van der Waals surface area contributed by atoms with E-state index in [0.717, 1.165) is 22.4 Å². The standard InChI is InChI=1S/C21H25N3O3S/c1-4-21(16-9-7-14(2)8-10-16)19(26)24(20(27)23-21)15(3)18(25)22-12-11-17-6-5-13-28-17/h5-10,13,15H,4,11-12H2,1-3H3,(H,22,25)(H,23,27)/t15-,21+/m0/s1. The van der Waals surface area contributed by atoms with Crippen LogP contribution >= 0.6 is 11.3 Å². The van der Waals surface area contributed by atoms with Gasteiger partial charge in [-0.15, -0.1) is 11.3 Å². The fraction of sp³-hybridized carbons (Fsp3) is 0.381. The summed E-state index contributed by atoms with van der Waals surface area (Å²) < 4.78 is 0. The maximum absolute atomic E-state index is 13.2. The Morgan fingerprint density at radius 3 is 2.57 bits per heavy atom. The summed E-state index contributed by atoms with van der Waals surface area (Å²) in [5.74, 6) is -0.722. The van der Waals surface area contributed by atoms with Gasteiger partial charge in [-0.05, 0) is 43.7 Å². The molecular formula is C21H25N3O3S. The van der Waals surface area contributed by atoms with Gasteiger partial charge in [-0.3, -0.25) is 9.59 Å². The molecule has 1 fully saturated rings. The Hall–Kier alpha value is -2.67. The van der Waals surface area contributed by atoms with Gasteiger partial charge in [-0.25, -0.2) is 9.69 Å². The fourth-order valence-electron chi connectivity index (χ4n) is 3.45. The summed E-state index contributed by atoms with van der Waals surface area (Å²) in [6.07, 6.45) is 1.13. The number of nitrogens with one attached hydrogen (secondary N) is 2. The number of nitrogens with zero attached hydrogens (tertiary/aromatic N) is 1. The molecule has 1 aliphatic rings. The Balaban J connectivity index is 1.72. The summed E-state index contributed by atoms with van der Waals surface area (Å²) in [4.78, 5) is 40.6. The van der Waals surface area contributed by atoms with E-state index < -0.39 is 17.6 Å². The summed E-state index contributed by atoms with van der Waals surface area (Å²) in [5.41, 5.74) is 0.671. The molecule has 0 radical (unpaired) electrons. The molecule has 1 saturated heterocycles. The highest BCUT2D eigenvalue weighted by Crippen LogP contribution is 2.33. The number of carbonyl (C=O) groups is 3. The van der Waals surface area contributed by atoms with Crippen LogP contribution in [0.1, 0.15) is 36.3 Å². The zero-order chi connectivity index (χ0) is 20.3. The predicted octanol–water partition coefficient (Wildman–Crippen LogP) is 2.96. The first-order valence-corrected chi connectivity index (χ1v) is 10.3. The fourth-order valence-corrected chi connectivity index (χ4v) is 4.16. The molecule has 1 aromatic carbocycles. The lowest BCUT2D eigenvalue weighted by Gasteiger charge is -2.27. The van der Waals surface area contributed by atoms with Crippen molar-refractivity contribution in [1.82, 2.24) is 15.5 Å². The molecule has 1 aromatic heterocycles. The maximum atomic E-state index is 13.2. The van der Waals surface area contributed by atoms with E-state index in [1.165, 1.54) is 4.88 Å². The number of urea groups is 1. The highest BCUT2D eigenvalue weighted by Gasteiger charge is 2.53. The molecule has 2 atom stereocenters. The van der Waals surface area contributed by atoms with Gasteiger partial charge < -0.3 is 10.6 Å². The number of imide groups is 1. The average Bonchev–Trinajstić information content (AvgIpc) is 3.28. The molecule has 7 heteroatoms. The number of aryl methyl sites for hydroxylation is 1. The second-order valence-corrected chi connectivity index (χ2v) is 8.06. The van der Waals surface area contributed by atoms with Gasteiger partial charge in [0.25, 0.3) is 5.91 Å². The van der Waals surface area contributed by atoms with Crippen molar-refractivity contribution >= 4 is 29.2 Å². The molecule has 0 saturated carbocycles. The van der Waals surface area contributed by atoms with E-state index in [9.17, 15) is 14.4 Å². The molecule has 0 bridgehead atoms. The normalized spacial score (nSPS) is 20.2. The zero-order valence-electron chi connectivity index (χ0n) is 16.3. The smallest absolute Gasteiger partial charge is 0.326 e. The molecule has 2 N–H and O–H groups in total. The second kappa shape index (κ2) is 8.14. The summed E-state index contributed by atoms with van der Waals surface area (Å²) in [7, 11) is 0. The third kappa shape index (κ3) is 3.67. The van der Waals surface area contributed by atoms with E-state index in [0.29, 0.717) is 13.0 Å². The Morgan fingerprint density at radius 1 is 1.25 bits per heavy atom. The van der Waals surface area contributed by atoms with Gasteiger partial charge in [-0.2, -0.15) is 0 Å². The van der Waals surface area contributed by atoms with Crippen LogP contribution in [0.4, 0.5) is 4.79 Å². The number of benzene rings is 1. The van der Waals surface area contributed by atoms with Crippen LogP contribution in [0, 0.1) is 6.92 Å². The third-order valence-electron chi connectivity index (χ3n) is 5.22. The second-order valence-electron chi connectivity index (χ2n) is 7.03. The first kappa shape index (κ1) is 20.1. The molecule has 0 aliphatic carbocycles. The number of rotatable bonds is 7. The topological polar surface area (TPSA) is 78.5 Å². The molecule has 0 spiro atoms. The van der Waals surface area contributed by atoms with Crippen LogP contribution < -0.4 is 10.6 Å². The Bertz CT molecular complexity index is 864. The molecule has 148 valence electrons. The Morgan fingerprint density at radius 2 is 1.96 bits per heavy atom. The van der Waals surface area contributed by atoms with Crippen LogP contribution in [-0.4, -0.2) is 35.3 Å². The van der Waals surface area contributed by atoms with Crippen LogP contribution in [0.3, 0.4) is 0 Å². The van der Waals surface area contributed by atoms with E-state index in [-0.39, 0.29) is 11.8 Å². The Labute approximate surface area is 168 Å². The third-order valence-corrected chi connectivity index (χ3v) is 6.15. The number of hydrogen-bond acceptors (Lipinski definition) is 4. The molecule has 0 unspecified atom stereocenters. The van der Waals surface area contributed by atoms with E-state index >= 15 is 0 Å². The lowest BCUT2D eigenvalue weighted by atomic mass is 9.86. The van der Waals surface area contributed by atoms with E-state index in [2.05, 4.69) is 10.6 Å². The maximum Gasteiger partial charge on any atom is 0.326 e. The van der Waals surface area contributed by atoms with Crippen molar-refractivity contribution in [3.63, 3.8) is 0 Å². The van der Waals surface area contributed by atoms with Crippen LogP contribution in [-0.2, 0) is 21.5 Å². The molecule has 3 rings (SSSR count). The quantitative estimate of drug-likeness (QED) is 0.703. The largest absolute Gasteiger partial charge is 0.354 e. The van der Waals surface area contributed by atoms with Crippen molar-refractivity contribution in [3.8, 4) is 0 Å². The minimum atomic E-state index is -1.13. The molecule has 6 nitrogen and oxygen atoms in total.